The van der Waals surface area contributed by atoms with Crippen LogP contribution in [0, 0.1) is 12.8 Å². The quantitative estimate of drug-likeness (QED) is 0.754. The minimum Gasteiger partial charge on any atom is -0.495 e. The summed E-state index contributed by atoms with van der Waals surface area (Å²) in [6.45, 7) is 4.39. The van der Waals surface area contributed by atoms with Crippen molar-refractivity contribution in [2.75, 3.05) is 7.11 Å². The van der Waals surface area contributed by atoms with E-state index in [0.717, 1.165) is 27.2 Å². The van der Waals surface area contributed by atoms with Crippen LogP contribution in [0.3, 0.4) is 0 Å². The second-order valence-corrected chi connectivity index (χ2v) is 7.00. The summed E-state index contributed by atoms with van der Waals surface area (Å²) in [6.07, 6.45) is 8.70. The van der Waals surface area contributed by atoms with Gasteiger partial charge in [0.1, 0.15) is 5.75 Å². The zero-order valence-corrected chi connectivity index (χ0v) is 14.6. The van der Waals surface area contributed by atoms with Gasteiger partial charge in [0.15, 0.2) is 0 Å². The first-order valence-electron chi connectivity index (χ1n) is 7.86. The molecule has 2 aromatic rings. The van der Waals surface area contributed by atoms with Crippen LogP contribution in [0.1, 0.15) is 50.6 Å². The molecule has 1 aliphatic carbocycles. The van der Waals surface area contributed by atoms with Crippen LogP contribution in [-0.4, -0.2) is 16.9 Å². The lowest BCUT2D eigenvalue weighted by Gasteiger charge is -2.27. The number of benzene rings is 1. The Kier molecular flexibility index (Phi) is 4.25. The summed E-state index contributed by atoms with van der Waals surface area (Å²) in [5.41, 5.74) is 2.18. The van der Waals surface area contributed by atoms with E-state index in [1.54, 1.807) is 7.11 Å². The number of rotatable bonds is 3. The van der Waals surface area contributed by atoms with E-state index in [1.807, 2.05) is 0 Å². The Morgan fingerprint density at radius 1 is 1.33 bits per heavy atom. The average Bonchev–Trinajstić information content (AvgIpc) is 2.92. The van der Waals surface area contributed by atoms with E-state index in [1.165, 1.54) is 37.5 Å². The van der Waals surface area contributed by atoms with Gasteiger partial charge in [-0.2, -0.15) is 5.10 Å². The van der Waals surface area contributed by atoms with Crippen molar-refractivity contribution in [3.8, 4) is 5.75 Å². The van der Waals surface area contributed by atoms with Gasteiger partial charge in [-0.25, -0.2) is 0 Å². The van der Waals surface area contributed by atoms with Gasteiger partial charge in [0, 0.05) is 17.1 Å². The van der Waals surface area contributed by atoms with Gasteiger partial charge in [-0.3, -0.25) is 4.68 Å². The molecule has 0 N–H and O–H groups in total. The van der Waals surface area contributed by atoms with Crippen LogP contribution in [-0.2, 0) is 0 Å². The van der Waals surface area contributed by atoms with Crippen molar-refractivity contribution in [3.63, 3.8) is 0 Å². The molecule has 0 unspecified atom stereocenters. The molecule has 0 bridgehead atoms. The monoisotopic (exact) mass is 350 g/mol. The topological polar surface area (TPSA) is 27.1 Å². The van der Waals surface area contributed by atoms with Gasteiger partial charge in [-0.05, 0) is 60.5 Å². The van der Waals surface area contributed by atoms with E-state index in [-0.39, 0.29) is 0 Å². The van der Waals surface area contributed by atoms with Crippen LogP contribution < -0.4 is 4.74 Å². The second kappa shape index (κ2) is 5.99. The number of nitrogens with zero attached hydrogens (tertiary/aromatic N) is 2. The predicted octanol–water partition coefficient (Wildman–Crippen LogP) is 5.26. The molecular formula is C17H23BrN2O. The normalized spacial score (nSPS) is 22.7. The predicted molar refractivity (Wildman–Crippen MR) is 90.0 cm³/mol. The van der Waals surface area contributed by atoms with Crippen molar-refractivity contribution >= 4 is 26.8 Å². The number of fused-ring (bicyclic) bond motifs is 1. The van der Waals surface area contributed by atoms with Gasteiger partial charge in [-0.1, -0.05) is 13.3 Å². The first-order valence-corrected chi connectivity index (χ1v) is 8.65. The maximum absolute atomic E-state index is 5.47. The van der Waals surface area contributed by atoms with Gasteiger partial charge < -0.3 is 4.74 Å². The first kappa shape index (κ1) is 14.9. The van der Waals surface area contributed by atoms with Crippen LogP contribution in [0.15, 0.2) is 16.7 Å². The van der Waals surface area contributed by atoms with Crippen LogP contribution in [0.4, 0.5) is 0 Å². The van der Waals surface area contributed by atoms with Crippen LogP contribution in [0.5, 0.6) is 5.75 Å². The lowest BCUT2D eigenvalue weighted by molar-refractivity contribution is 0.257. The zero-order chi connectivity index (χ0) is 15.0. The molecule has 1 heterocycles. The summed E-state index contributed by atoms with van der Waals surface area (Å²) >= 11 is 3.59. The van der Waals surface area contributed by atoms with Gasteiger partial charge in [0.05, 0.1) is 23.1 Å². The summed E-state index contributed by atoms with van der Waals surface area (Å²) in [6, 6.07) is 2.67. The maximum atomic E-state index is 5.47. The fourth-order valence-corrected chi connectivity index (χ4v) is 4.25. The standard InChI is InChI=1S/C17H23BrN2O/c1-4-12-5-7-14(8-6-12)20-10-13-9-15(18)17(21-3)11(2)16(13)19-20/h9-10,12,14H,4-8H2,1-3H3. The second-order valence-electron chi connectivity index (χ2n) is 6.15. The third-order valence-corrected chi connectivity index (χ3v) is 5.52. The minimum absolute atomic E-state index is 0.560. The Bertz CT molecular complexity index is 642. The Hall–Kier alpha value is -1.03. The molecule has 1 aliphatic rings. The van der Waals surface area contributed by atoms with E-state index < -0.39 is 0 Å². The number of hydrogen-bond acceptors (Lipinski definition) is 2. The van der Waals surface area contributed by atoms with E-state index in [0.29, 0.717) is 6.04 Å². The van der Waals surface area contributed by atoms with Crippen molar-refractivity contribution < 1.29 is 4.74 Å². The largest absolute Gasteiger partial charge is 0.495 e. The highest BCUT2D eigenvalue weighted by Gasteiger charge is 2.23. The Labute approximate surface area is 134 Å². The van der Waals surface area contributed by atoms with Crippen molar-refractivity contribution in [1.29, 1.82) is 0 Å². The highest BCUT2D eigenvalue weighted by atomic mass is 79.9. The number of ether oxygens (including phenoxy) is 1. The molecule has 1 aromatic carbocycles. The smallest absolute Gasteiger partial charge is 0.138 e. The summed E-state index contributed by atoms with van der Waals surface area (Å²) in [7, 11) is 1.71. The Morgan fingerprint density at radius 3 is 2.67 bits per heavy atom. The van der Waals surface area contributed by atoms with Crippen LogP contribution in [0.2, 0.25) is 0 Å². The SMILES string of the molecule is CCC1CCC(n2cc3cc(Br)c(OC)c(C)c3n2)CC1. The molecule has 0 spiro atoms. The number of aryl methyl sites for hydroxylation is 1. The fourth-order valence-electron chi connectivity index (χ4n) is 3.55. The summed E-state index contributed by atoms with van der Waals surface area (Å²) in [5.74, 6) is 1.81. The van der Waals surface area contributed by atoms with Crippen molar-refractivity contribution in [2.45, 2.75) is 52.0 Å². The molecule has 1 aromatic heterocycles. The molecule has 3 nitrogen and oxygen atoms in total. The molecule has 114 valence electrons. The Morgan fingerprint density at radius 2 is 2.05 bits per heavy atom. The van der Waals surface area contributed by atoms with Gasteiger partial charge >= 0.3 is 0 Å². The molecule has 0 radical (unpaired) electrons. The van der Waals surface area contributed by atoms with E-state index in [4.69, 9.17) is 9.84 Å². The first-order chi connectivity index (χ1) is 10.1. The summed E-state index contributed by atoms with van der Waals surface area (Å²) < 4.78 is 8.66. The average molecular weight is 351 g/mol. The highest BCUT2D eigenvalue weighted by molar-refractivity contribution is 9.10. The van der Waals surface area contributed by atoms with Crippen molar-refractivity contribution in [3.05, 3.63) is 22.3 Å². The summed E-state index contributed by atoms with van der Waals surface area (Å²) in [5, 5.41) is 6.04. The minimum atomic E-state index is 0.560. The molecule has 0 aliphatic heterocycles. The lowest BCUT2D eigenvalue weighted by atomic mass is 9.85. The lowest BCUT2D eigenvalue weighted by Crippen LogP contribution is -2.18. The third-order valence-electron chi connectivity index (χ3n) is 4.93. The molecule has 0 saturated heterocycles. The van der Waals surface area contributed by atoms with Crippen LogP contribution in [0.25, 0.3) is 10.9 Å². The molecule has 4 heteroatoms. The van der Waals surface area contributed by atoms with E-state index in [2.05, 4.69) is 46.7 Å². The molecular weight excluding hydrogens is 328 g/mol. The maximum Gasteiger partial charge on any atom is 0.138 e. The highest BCUT2D eigenvalue weighted by Crippen LogP contribution is 2.37. The molecule has 3 rings (SSSR count). The van der Waals surface area contributed by atoms with Gasteiger partial charge in [0.2, 0.25) is 0 Å². The third kappa shape index (κ3) is 2.70. The Balaban J connectivity index is 1.93. The molecule has 21 heavy (non-hydrogen) atoms. The van der Waals surface area contributed by atoms with Crippen molar-refractivity contribution in [1.82, 2.24) is 9.78 Å². The zero-order valence-electron chi connectivity index (χ0n) is 13.0. The summed E-state index contributed by atoms with van der Waals surface area (Å²) in [4.78, 5) is 0. The van der Waals surface area contributed by atoms with Gasteiger partial charge in [-0.15, -0.1) is 0 Å². The van der Waals surface area contributed by atoms with E-state index in [9.17, 15) is 0 Å². The van der Waals surface area contributed by atoms with Crippen molar-refractivity contribution in [2.24, 2.45) is 5.92 Å². The molecule has 0 amide bonds. The number of halogens is 1. The van der Waals surface area contributed by atoms with E-state index >= 15 is 0 Å². The molecule has 1 fully saturated rings. The fraction of sp³-hybridized carbons (Fsp3) is 0.588. The van der Waals surface area contributed by atoms with Crippen LogP contribution >= 0.6 is 15.9 Å². The number of methoxy groups -OCH3 is 1. The number of hydrogen-bond donors (Lipinski definition) is 0. The van der Waals surface area contributed by atoms with Gasteiger partial charge in [0.25, 0.3) is 0 Å². The molecule has 0 atom stereocenters. The molecule has 1 saturated carbocycles. The number of aromatic nitrogens is 2.